The molecule has 0 atom stereocenters. The Labute approximate surface area is 161 Å². The largest absolute Gasteiger partial charge is 0.358 e. The lowest BCUT2D eigenvalue weighted by atomic mass is 9.98. The second-order valence-electron chi connectivity index (χ2n) is 6.47. The molecule has 1 heterocycles. The fourth-order valence-electron chi connectivity index (χ4n) is 3.11. The second kappa shape index (κ2) is 6.89. The van der Waals surface area contributed by atoms with Crippen LogP contribution in [0.15, 0.2) is 51.8 Å². The molecule has 0 radical (unpaired) electrons. The highest BCUT2D eigenvalue weighted by atomic mass is 79.9. The standard InChI is InChI=1S/C19H19BrN2O3S/c1-11(2)18-12(3)21-17-8-7-13(9-16(17)18)19(23)22-26(24,25)15-6-4-5-14(20)10-15/h4-11,21H,1-3H3,(H,22,23). The molecule has 0 spiro atoms. The molecule has 1 aromatic heterocycles. The summed E-state index contributed by atoms with van der Waals surface area (Å²) in [5, 5.41) is 0.935. The Kier molecular flexibility index (Phi) is 4.94. The number of sulfonamides is 1. The van der Waals surface area contributed by atoms with Crippen molar-refractivity contribution in [3.05, 3.63) is 63.8 Å². The van der Waals surface area contributed by atoms with Gasteiger partial charge >= 0.3 is 0 Å². The highest BCUT2D eigenvalue weighted by molar-refractivity contribution is 9.10. The molecule has 0 bridgehead atoms. The van der Waals surface area contributed by atoms with Crippen molar-refractivity contribution in [3.63, 3.8) is 0 Å². The monoisotopic (exact) mass is 434 g/mol. The van der Waals surface area contributed by atoms with Crippen LogP contribution >= 0.6 is 15.9 Å². The molecule has 0 aliphatic carbocycles. The normalized spacial score (nSPS) is 11.9. The molecule has 0 aliphatic rings. The van der Waals surface area contributed by atoms with Crippen molar-refractivity contribution in [1.82, 2.24) is 9.71 Å². The van der Waals surface area contributed by atoms with Crippen LogP contribution in [0.2, 0.25) is 0 Å². The maximum atomic E-state index is 12.5. The van der Waals surface area contributed by atoms with Crippen LogP contribution in [0.4, 0.5) is 0 Å². The van der Waals surface area contributed by atoms with Gasteiger partial charge in [0, 0.05) is 26.6 Å². The topological polar surface area (TPSA) is 79.0 Å². The lowest BCUT2D eigenvalue weighted by Gasteiger charge is -2.09. The number of fused-ring (bicyclic) bond motifs is 1. The first-order valence-electron chi connectivity index (χ1n) is 8.14. The third kappa shape index (κ3) is 3.54. The summed E-state index contributed by atoms with van der Waals surface area (Å²) in [4.78, 5) is 15.9. The van der Waals surface area contributed by atoms with Gasteiger partial charge in [0.1, 0.15) is 0 Å². The number of aromatic amines is 1. The zero-order chi connectivity index (χ0) is 19.1. The van der Waals surface area contributed by atoms with Crippen molar-refractivity contribution in [2.45, 2.75) is 31.6 Å². The van der Waals surface area contributed by atoms with Gasteiger partial charge < -0.3 is 4.98 Å². The van der Waals surface area contributed by atoms with E-state index >= 15 is 0 Å². The zero-order valence-electron chi connectivity index (χ0n) is 14.6. The van der Waals surface area contributed by atoms with E-state index < -0.39 is 15.9 Å². The van der Waals surface area contributed by atoms with Crippen LogP contribution in [-0.2, 0) is 10.0 Å². The molecule has 0 saturated carbocycles. The van der Waals surface area contributed by atoms with Gasteiger partial charge in [-0.1, -0.05) is 35.8 Å². The summed E-state index contributed by atoms with van der Waals surface area (Å²) in [6.07, 6.45) is 0. The van der Waals surface area contributed by atoms with Gasteiger partial charge in [-0.2, -0.15) is 0 Å². The van der Waals surface area contributed by atoms with Crippen LogP contribution in [0.5, 0.6) is 0 Å². The highest BCUT2D eigenvalue weighted by Crippen LogP contribution is 2.29. The predicted molar refractivity (Wildman–Crippen MR) is 106 cm³/mol. The Morgan fingerprint density at radius 2 is 1.88 bits per heavy atom. The molecule has 3 aromatic rings. The van der Waals surface area contributed by atoms with E-state index in [0.717, 1.165) is 22.2 Å². The summed E-state index contributed by atoms with van der Waals surface area (Å²) in [6.45, 7) is 6.16. The number of hydrogen-bond acceptors (Lipinski definition) is 3. The van der Waals surface area contributed by atoms with E-state index in [9.17, 15) is 13.2 Å². The number of halogens is 1. The number of aryl methyl sites for hydroxylation is 1. The van der Waals surface area contributed by atoms with Crippen LogP contribution in [0.25, 0.3) is 10.9 Å². The van der Waals surface area contributed by atoms with E-state index in [1.165, 1.54) is 12.1 Å². The zero-order valence-corrected chi connectivity index (χ0v) is 17.0. The molecule has 2 aromatic carbocycles. The van der Waals surface area contributed by atoms with Crippen molar-refractivity contribution in [1.29, 1.82) is 0 Å². The average molecular weight is 435 g/mol. The summed E-state index contributed by atoms with van der Waals surface area (Å²) in [6, 6.07) is 11.4. The highest BCUT2D eigenvalue weighted by Gasteiger charge is 2.20. The first-order valence-corrected chi connectivity index (χ1v) is 10.4. The van der Waals surface area contributed by atoms with Gasteiger partial charge in [0.05, 0.1) is 4.90 Å². The van der Waals surface area contributed by atoms with Crippen molar-refractivity contribution in [2.75, 3.05) is 0 Å². The van der Waals surface area contributed by atoms with Crippen molar-refractivity contribution in [3.8, 4) is 0 Å². The molecule has 0 saturated heterocycles. The van der Waals surface area contributed by atoms with E-state index in [2.05, 4.69) is 39.5 Å². The van der Waals surface area contributed by atoms with Crippen molar-refractivity contribution < 1.29 is 13.2 Å². The van der Waals surface area contributed by atoms with E-state index in [0.29, 0.717) is 10.0 Å². The minimum absolute atomic E-state index is 0.0293. The Hall–Kier alpha value is -2.12. The first kappa shape index (κ1) is 18.7. The summed E-state index contributed by atoms with van der Waals surface area (Å²) in [5.74, 6) is -0.368. The third-order valence-corrected chi connectivity index (χ3v) is 6.03. The lowest BCUT2D eigenvalue weighted by molar-refractivity contribution is 0.0981. The Balaban J connectivity index is 1.96. The Morgan fingerprint density at radius 3 is 2.54 bits per heavy atom. The fourth-order valence-corrected chi connectivity index (χ4v) is 4.68. The number of hydrogen-bond donors (Lipinski definition) is 2. The molecular weight excluding hydrogens is 416 g/mol. The Bertz CT molecular complexity index is 1100. The van der Waals surface area contributed by atoms with Gasteiger partial charge in [-0.05, 0) is 54.8 Å². The minimum atomic E-state index is -3.94. The molecule has 1 amide bonds. The molecule has 7 heteroatoms. The van der Waals surface area contributed by atoms with Crippen LogP contribution in [0, 0.1) is 6.92 Å². The van der Waals surface area contributed by atoms with Crippen LogP contribution in [0.3, 0.4) is 0 Å². The molecule has 0 unspecified atom stereocenters. The molecule has 0 fully saturated rings. The quantitative estimate of drug-likeness (QED) is 0.634. The molecule has 2 N–H and O–H groups in total. The van der Waals surface area contributed by atoms with Gasteiger partial charge in [0.15, 0.2) is 0 Å². The van der Waals surface area contributed by atoms with Gasteiger partial charge in [-0.15, -0.1) is 0 Å². The number of aromatic nitrogens is 1. The lowest BCUT2D eigenvalue weighted by Crippen LogP contribution is -2.30. The maximum Gasteiger partial charge on any atom is 0.265 e. The fraction of sp³-hybridized carbons (Fsp3) is 0.211. The third-order valence-electron chi connectivity index (χ3n) is 4.21. The minimum Gasteiger partial charge on any atom is -0.358 e. The summed E-state index contributed by atoms with van der Waals surface area (Å²) >= 11 is 3.24. The summed E-state index contributed by atoms with van der Waals surface area (Å²) in [5.41, 5.74) is 3.41. The Morgan fingerprint density at radius 1 is 1.15 bits per heavy atom. The van der Waals surface area contributed by atoms with Gasteiger partial charge in [-0.3, -0.25) is 4.79 Å². The number of nitrogens with one attached hydrogen (secondary N) is 2. The number of amides is 1. The van der Waals surface area contributed by atoms with Crippen LogP contribution < -0.4 is 4.72 Å². The molecule has 26 heavy (non-hydrogen) atoms. The van der Waals surface area contributed by atoms with Gasteiger partial charge in [-0.25, -0.2) is 13.1 Å². The smallest absolute Gasteiger partial charge is 0.265 e. The SMILES string of the molecule is Cc1[nH]c2ccc(C(=O)NS(=O)(=O)c3cccc(Br)c3)cc2c1C(C)C. The number of rotatable bonds is 4. The number of H-pyrrole nitrogens is 1. The molecule has 3 rings (SSSR count). The second-order valence-corrected chi connectivity index (χ2v) is 9.07. The van der Waals surface area contributed by atoms with Crippen LogP contribution in [-0.4, -0.2) is 19.3 Å². The van der Waals surface area contributed by atoms with Gasteiger partial charge in [0.25, 0.3) is 15.9 Å². The molecule has 0 aliphatic heterocycles. The average Bonchev–Trinajstić information content (AvgIpc) is 2.89. The number of carbonyl (C=O) groups is 1. The summed E-state index contributed by atoms with van der Waals surface area (Å²) < 4.78 is 27.7. The molecule has 136 valence electrons. The molecular formula is C19H19BrN2O3S. The number of carbonyl (C=O) groups excluding carboxylic acids is 1. The van der Waals surface area contributed by atoms with Crippen molar-refractivity contribution >= 4 is 42.8 Å². The summed E-state index contributed by atoms with van der Waals surface area (Å²) in [7, 11) is -3.94. The van der Waals surface area contributed by atoms with Crippen LogP contribution in [0.1, 0.15) is 41.4 Å². The molecule has 5 nitrogen and oxygen atoms in total. The van der Waals surface area contributed by atoms with E-state index in [1.54, 1.807) is 30.3 Å². The maximum absolute atomic E-state index is 12.5. The van der Waals surface area contributed by atoms with Gasteiger partial charge in [0.2, 0.25) is 0 Å². The van der Waals surface area contributed by atoms with E-state index in [-0.39, 0.29) is 10.8 Å². The number of benzene rings is 2. The van der Waals surface area contributed by atoms with E-state index in [4.69, 9.17) is 0 Å². The van der Waals surface area contributed by atoms with E-state index in [1.807, 2.05) is 6.92 Å². The predicted octanol–water partition coefficient (Wildman–Crippen LogP) is 4.48. The first-order chi connectivity index (χ1) is 12.2. The van der Waals surface area contributed by atoms with Crippen molar-refractivity contribution in [2.24, 2.45) is 0 Å².